The molecular formula is C17H26N2O2. The first kappa shape index (κ1) is 16.0. The lowest BCUT2D eigenvalue weighted by Gasteiger charge is -2.38. The molecule has 0 bridgehead atoms. The molecule has 4 heteroatoms. The molecule has 1 aromatic rings. The van der Waals surface area contributed by atoms with E-state index in [-0.39, 0.29) is 18.6 Å². The molecule has 1 fully saturated rings. The van der Waals surface area contributed by atoms with E-state index >= 15 is 0 Å². The molecule has 116 valence electrons. The second-order valence-electron chi connectivity index (χ2n) is 6.21. The van der Waals surface area contributed by atoms with Gasteiger partial charge in [0.25, 0.3) is 0 Å². The fraction of sp³-hybridized carbons (Fsp3) is 0.588. The Morgan fingerprint density at radius 1 is 1.43 bits per heavy atom. The van der Waals surface area contributed by atoms with Crippen LogP contribution in [-0.4, -0.2) is 41.7 Å². The van der Waals surface area contributed by atoms with Gasteiger partial charge in [0.05, 0.1) is 13.2 Å². The van der Waals surface area contributed by atoms with Crippen molar-refractivity contribution in [3.8, 4) is 0 Å². The highest BCUT2D eigenvalue weighted by Gasteiger charge is 2.29. The zero-order valence-electron chi connectivity index (χ0n) is 13.2. The van der Waals surface area contributed by atoms with Gasteiger partial charge in [0.15, 0.2) is 0 Å². The van der Waals surface area contributed by atoms with Crippen molar-refractivity contribution >= 4 is 11.6 Å². The molecule has 0 spiro atoms. The van der Waals surface area contributed by atoms with E-state index in [9.17, 15) is 9.90 Å². The molecule has 0 radical (unpaired) electrons. The van der Waals surface area contributed by atoms with E-state index < -0.39 is 0 Å². The number of hydrogen-bond donors (Lipinski definition) is 2. The van der Waals surface area contributed by atoms with E-state index in [1.54, 1.807) is 0 Å². The van der Waals surface area contributed by atoms with E-state index in [0.717, 1.165) is 36.2 Å². The van der Waals surface area contributed by atoms with Crippen molar-refractivity contribution in [3.63, 3.8) is 0 Å². The summed E-state index contributed by atoms with van der Waals surface area (Å²) in [6.07, 6.45) is 2.22. The van der Waals surface area contributed by atoms with Crippen molar-refractivity contribution in [1.82, 2.24) is 4.90 Å². The van der Waals surface area contributed by atoms with E-state index in [4.69, 9.17) is 0 Å². The van der Waals surface area contributed by atoms with Crippen molar-refractivity contribution in [2.45, 2.75) is 39.7 Å². The minimum Gasteiger partial charge on any atom is -0.395 e. The lowest BCUT2D eigenvalue weighted by molar-refractivity contribution is -0.118. The summed E-state index contributed by atoms with van der Waals surface area (Å²) in [5, 5.41) is 12.5. The van der Waals surface area contributed by atoms with E-state index in [0.29, 0.717) is 12.5 Å². The first-order valence-corrected chi connectivity index (χ1v) is 7.73. The van der Waals surface area contributed by atoms with Gasteiger partial charge >= 0.3 is 0 Å². The van der Waals surface area contributed by atoms with Gasteiger partial charge in [-0.2, -0.15) is 0 Å². The molecule has 2 N–H and O–H groups in total. The van der Waals surface area contributed by atoms with Crippen molar-refractivity contribution in [1.29, 1.82) is 0 Å². The number of nitrogens with zero attached hydrogens (tertiary/aromatic N) is 1. The number of carbonyl (C=O) groups excluding carboxylic acids is 1. The maximum absolute atomic E-state index is 12.3. The van der Waals surface area contributed by atoms with Crippen LogP contribution in [0.4, 0.5) is 5.69 Å². The van der Waals surface area contributed by atoms with Crippen LogP contribution in [0.15, 0.2) is 18.2 Å². The third kappa shape index (κ3) is 4.05. The summed E-state index contributed by atoms with van der Waals surface area (Å²) in [6, 6.07) is 6.15. The minimum atomic E-state index is -0.00347. The van der Waals surface area contributed by atoms with Crippen molar-refractivity contribution in [2.24, 2.45) is 5.92 Å². The highest BCUT2D eigenvalue weighted by molar-refractivity contribution is 5.93. The Hall–Kier alpha value is -1.39. The SMILES string of the molecule is Cc1ccc(C)c(NC(=O)CN2CCCC(C)C2CO)c1. The molecule has 0 aromatic heterocycles. The topological polar surface area (TPSA) is 52.6 Å². The van der Waals surface area contributed by atoms with Crippen LogP contribution >= 0.6 is 0 Å². The Morgan fingerprint density at radius 3 is 2.90 bits per heavy atom. The van der Waals surface area contributed by atoms with Crippen molar-refractivity contribution in [3.05, 3.63) is 29.3 Å². The summed E-state index contributed by atoms with van der Waals surface area (Å²) >= 11 is 0. The summed E-state index contributed by atoms with van der Waals surface area (Å²) in [4.78, 5) is 14.4. The van der Waals surface area contributed by atoms with Crippen LogP contribution in [0.1, 0.15) is 30.9 Å². The molecule has 2 rings (SSSR count). The number of amides is 1. The number of rotatable bonds is 4. The molecule has 2 unspecified atom stereocenters. The predicted molar refractivity (Wildman–Crippen MR) is 85.4 cm³/mol. The fourth-order valence-corrected chi connectivity index (χ4v) is 3.07. The van der Waals surface area contributed by atoms with E-state index in [1.165, 1.54) is 0 Å². The molecule has 4 nitrogen and oxygen atoms in total. The second kappa shape index (κ2) is 7.05. The number of aliphatic hydroxyl groups excluding tert-OH is 1. The quantitative estimate of drug-likeness (QED) is 0.895. The third-order valence-corrected chi connectivity index (χ3v) is 4.43. The molecule has 1 heterocycles. The molecule has 1 aromatic carbocycles. The number of benzene rings is 1. The molecule has 0 aliphatic carbocycles. The Kier molecular flexibility index (Phi) is 5.37. The van der Waals surface area contributed by atoms with Crippen LogP contribution in [-0.2, 0) is 4.79 Å². The second-order valence-corrected chi connectivity index (χ2v) is 6.21. The van der Waals surface area contributed by atoms with Gasteiger partial charge in [0.2, 0.25) is 5.91 Å². The highest BCUT2D eigenvalue weighted by Crippen LogP contribution is 2.23. The summed E-state index contributed by atoms with van der Waals surface area (Å²) in [5.74, 6) is 0.438. The lowest BCUT2D eigenvalue weighted by atomic mass is 9.91. The van der Waals surface area contributed by atoms with Crippen LogP contribution in [0, 0.1) is 19.8 Å². The molecular weight excluding hydrogens is 264 g/mol. The first-order valence-electron chi connectivity index (χ1n) is 7.73. The van der Waals surface area contributed by atoms with Crippen LogP contribution in [0.5, 0.6) is 0 Å². The predicted octanol–water partition coefficient (Wildman–Crippen LogP) is 2.33. The average Bonchev–Trinajstić information content (AvgIpc) is 2.43. The molecule has 21 heavy (non-hydrogen) atoms. The van der Waals surface area contributed by atoms with Gasteiger partial charge in [0, 0.05) is 11.7 Å². The largest absolute Gasteiger partial charge is 0.395 e. The van der Waals surface area contributed by atoms with Gasteiger partial charge in [-0.05, 0) is 56.3 Å². The van der Waals surface area contributed by atoms with E-state index in [2.05, 4.69) is 17.1 Å². The van der Waals surface area contributed by atoms with Gasteiger partial charge < -0.3 is 10.4 Å². The Morgan fingerprint density at radius 2 is 2.19 bits per heavy atom. The Bertz CT molecular complexity index is 502. The van der Waals surface area contributed by atoms with E-state index in [1.807, 2.05) is 32.0 Å². The maximum atomic E-state index is 12.3. The summed E-state index contributed by atoms with van der Waals surface area (Å²) in [7, 11) is 0. The molecule has 0 saturated carbocycles. The number of aryl methyl sites for hydroxylation is 2. The first-order chi connectivity index (χ1) is 10.0. The summed E-state index contributed by atoms with van der Waals surface area (Å²) < 4.78 is 0. The number of hydrogen-bond acceptors (Lipinski definition) is 3. The maximum Gasteiger partial charge on any atom is 0.238 e. The number of likely N-dealkylation sites (tertiary alicyclic amines) is 1. The molecule has 1 amide bonds. The summed E-state index contributed by atoms with van der Waals surface area (Å²) in [5.41, 5.74) is 3.08. The van der Waals surface area contributed by atoms with Crippen molar-refractivity contribution in [2.75, 3.05) is 25.0 Å². The zero-order chi connectivity index (χ0) is 15.4. The van der Waals surface area contributed by atoms with Crippen LogP contribution in [0.3, 0.4) is 0 Å². The molecule has 2 atom stereocenters. The normalized spacial score (nSPS) is 23.0. The average molecular weight is 290 g/mol. The number of piperidine rings is 1. The summed E-state index contributed by atoms with van der Waals surface area (Å²) in [6.45, 7) is 7.52. The molecule has 1 aliphatic rings. The smallest absolute Gasteiger partial charge is 0.238 e. The van der Waals surface area contributed by atoms with Crippen LogP contribution in [0.25, 0.3) is 0 Å². The fourth-order valence-electron chi connectivity index (χ4n) is 3.07. The van der Waals surface area contributed by atoms with Gasteiger partial charge in [-0.1, -0.05) is 19.1 Å². The van der Waals surface area contributed by atoms with Crippen molar-refractivity contribution < 1.29 is 9.90 Å². The Balaban J connectivity index is 1.99. The van der Waals surface area contributed by atoms with Gasteiger partial charge in [-0.3, -0.25) is 9.69 Å². The number of carbonyl (C=O) groups is 1. The Labute approximate surface area is 127 Å². The standard InChI is InChI=1S/C17H26N2O2/c1-12-6-7-13(2)15(9-12)18-17(21)10-19-8-4-5-14(3)16(19)11-20/h6-7,9,14,16,20H,4-5,8,10-11H2,1-3H3,(H,18,21). The molecule has 1 saturated heterocycles. The monoisotopic (exact) mass is 290 g/mol. The van der Waals surface area contributed by atoms with Gasteiger partial charge in [-0.25, -0.2) is 0 Å². The zero-order valence-corrected chi connectivity index (χ0v) is 13.2. The number of nitrogens with one attached hydrogen (secondary N) is 1. The van der Waals surface area contributed by atoms with Gasteiger partial charge in [-0.15, -0.1) is 0 Å². The highest BCUT2D eigenvalue weighted by atomic mass is 16.3. The molecule has 1 aliphatic heterocycles. The van der Waals surface area contributed by atoms with Crippen LogP contribution < -0.4 is 5.32 Å². The number of anilines is 1. The van der Waals surface area contributed by atoms with Gasteiger partial charge in [0.1, 0.15) is 0 Å². The number of aliphatic hydroxyl groups is 1. The minimum absolute atomic E-state index is 0.00347. The lowest BCUT2D eigenvalue weighted by Crippen LogP contribution is -2.49. The third-order valence-electron chi connectivity index (χ3n) is 4.43. The van der Waals surface area contributed by atoms with Crippen LogP contribution in [0.2, 0.25) is 0 Å².